The van der Waals surface area contributed by atoms with Crippen molar-refractivity contribution in [3.05, 3.63) is 63.1 Å². The van der Waals surface area contributed by atoms with Crippen LogP contribution in [0.3, 0.4) is 0 Å². The molecule has 0 N–H and O–H groups in total. The van der Waals surface area contributed by atoms with Crippen LogP contribution >= 0.6 is 23.2 Å². The van der Waals surface area contributed by atoms with Gasteiger partial charge in [0.1, 0.15) is 17.5 Å². The van der Waals surface area contributed by atoms with Gasteiger partial charge in [-0.1, -0.05) is 55.2 Å². The first-order valence-electron chi connectivity index (χ1n) is 15.6. The van der Waals surface area contributed by atoms with Gasteiger partial charge >= 0.3 is 5.97 Å². The number of esters is 1. The van der Waals surface area contributed by atoms with Crippen molar-refractivity contribution in [2.45, 2.75) is 94.9 Å². The molecule has 2 bridgehead atoms. The molecule has 5 aliphatic rings. The first-order valence-corrected chi connectivity index (χ1v) is 16.3. The highest BCUT2D eigenvalue weighted by Gasteiger charge is 2.75. The zero-order valence-electron chi connectivity index (χ0n) is 24.7. The number of amides is 1. The van der Waals surface area contributed by atoms with Crippen LogP contribution in [0.15, 0.2) is 36.4 Å². The number of likely N-dealkylation sites (tertiary alicyclic amines) is 1. The fourth-order valence-electron chi connectivity index (χ4n) is 8.92. The van der Waals surface area contributed by atoms with Gasteiger partial charge in [-0.05, 0) is 86.2 Å². The number of rotatable bonds is 8. The number of halogens is 2. The van der Waals surface area contributed by atoms with Crippen LogP contribution < -0.4 is 4.74 Å². The summed E-state index contributed by atoms with van der Waals surface area (Å²) < 4.78 is 13.6. The topological polar surface area (TPSA) is 59.1 Å². The predicted octanol–water partition coefficient (Wildman–Crippen LogP) is 6.22. The summed E-state index contributed by atoms with van der Waals surface area (Å²) >= 11 is 12.5. The molecular formula is C34H40Cl2N2O4. The van der Waals surface area contributed by atoms with E-state index in [-0.39, 0.29) is 42.4 Å². The fraction of sp³-hybridized carbons (Fsp3) is 0.588. The van der Waals surface area contributed by atoms with Crippen LogP contribution in [0, 0.1) is 11.8 Å². The molecule has 6 nitrogen and oxygen atoms in total. The monoisotopic (exact) mass is 610 g/mol. The zero-order valence-corrected chi connectivity index (χ0v) is 26.2. The number of nitrogens with zero attached hydrogens (tertiary/aromatic N) is 2. The molecule has 1 amide bonds. The Bertz CT molecular complexity index is 1430. The molecule has 2 saturated carbocycles. The third kappa shape index (κ3) is 4.38. The number of piperidine rings is 1. The lowest BCUT2D eigenvalue weighted by Gasteiger charge is -2.66. The van der Waals surface area contributed by atoms with Crippen molar-refractivity contribution >= 4 is 35.1 Å². The molecule has 2 aliphatic heterocycles. The van der Waals surface area contributed by atoms with E-state index in [2.05, 4.69) is 41.8 Å². The maximum atomic E-state index is 14.2. The summed E-state index contributed by atoms with van der Waals surface area (Å²) in [5.41, 5.74) is 2.21. The van der Waals surface area contributed by atoms with Crippen molar-refractivity contribution < 1.29 is 19.1 Å². The van der Waals surface area contributed by atoms with Gasteiger partial charge < -0.3 is 14.4 Å². The number of carbonyl (C=O) groups is 2. The lowest BCUT2D eigenvalue weighted by atomic mass is 9.48. The molecule has 1 spiro atoms. The normalized spacial score (nSPS) is 31.0. The number of ether oxygens (including phenoxy) is 2. The Labute approximate surface area is 258 Å². The maximum Gasteiger partial charge on any atom is 0.303 e. The third-order valence-electron chi connectivity index (χ3n) is 10.5. The predicted molar refractivity (Wildman–Crippen MR) is 163 cm³/mol. The molecule has 2 aromatic rings. The van der Waals surface area contributed by atoms with Gasteiger partial charge in [-0.25, -0.2) is 0 Å². The highest BCUT2D eigenvalue weighted by molar-refractivity contribution is 6.42. The summed E-state index contributed by atoms with van der Waals surface area (Å²) in [7, 11) is 0. The van der Waals surface area contributed by atoms with Gasteiger partial charge in [0.25, 0.3) is 0 Å². The Kier molecular flexibility index (Phi) is 7.07. The molecule has 7 rings (SSSR count). The summed E-state index contributed by atoms with van der Waals surface area (Å²) in [6.07, 6.45) is 5.67. The number of carbonyl (C=O) groups excluding carboxylic acids is 2. The summed E-state index contributed by atoms with van der Waals surface area (Å²) in [5.74, 6) is 1.75. The van der Waals surface area contributed by atoms with Gasteiger partial charge in [0.2, 0.25) is 5.91 Å². The summed E-state index contributed by atoms with van der Waals surface area (Å²) in [6.45, 7) is 8.50. The van der Waals surface area contributed by atoms with E-state index in [9.17, 15) is 9.59 Å². The van der Waals surface area contributed by atoms with Gasteiger partial charge in [-0.2, -0.15) is 0 Å². The van der Waals surface area contributed by atoms with Gasteiger partial charge in [-0.15, -0.1) is 0 Å². The summed E-state index contributed by atoms with van der Waals surface area (Å²) in [4.78, 5) is 31.8. The summed E-state index contributed by atoms with van der Waals surface area (Å²) in [5, 5.41) is 0.932. The van der Waals surface area contributed by atoms with E-state index in [4.69, 9.17) is 32.7 Å². The molecule has 8 heteroatoms. The average Bonchev–Trinajstić information content (AvgIpc) is 3.68. The van der Waals surface area contributed by atoms with Crippen molar-refractivity contribution in [1.29, 1.82) is 0 Å². The quantitative estimate of drug-likeness (QED) is 0.332. The van der Waals surface area contributed by atoms with Crippen molar-refractivity contribution in [2.75, 3.05) is 19.6 Å². The van der Waals surface area contributed by atoms with Gasteiger partial charge in [0.05, 0.1) is 34.0 Å². The minimum absolute atomic E-state index is 0.0572. The molecule has 3 fully saturated rings. The number of hydrogen-bond acceptors (Lipinski definition) is 5. The Hall–Kier alpha value is -2.28. The van der Waals surface area contributed by atoms with E-state index < -0.39 is 11.0 Å². The van der Waals surface area contributed by atoms with Crippen molar-refractivity contribution in [3.63, 3.8) is 0 Å². The van der Waals surface area contributed by atoms with Gasteiger partial charge in [-0.3, -0.25) is 14.5 Å². The lowest BCUT2D eigenvalue weighted by Crippen LogP contribution is -2.79. The Morgan fingerprint density at radius 3 is 2.64 bits per heavy atom. The van der Waals surface area contributed by atoms with Crippen LogP contribution in [-0.2, 0) is 32.6 Å². The minimum Gasteiger partial charge on any atom is -0.487 e. The molecule has 0 aromatic heterocycles. The van der Waals surface area contributed by atoms with Crippen molar-refractivity contribution in [3.8, 4) is 5.75 Å². The molecular weight excluding hydrogens is 571 g/mol. The van der Waals surface area contributed by atoms with E-state index in [1.165, 1.54) is 24.0 Å². The van der Waals surface area contributed by atoms with E-state index in [0.717, 1.165) is 49.6 Å². The molecule has 2 heterocycles. The second-order valence-electron chi connectivity index (χ2n) is 13.7. The molecule has 0 radical (unpaired) electrons. The van der Waals surface area contributed by atoms with Gasteiger partial charge in [0.15, 0.2) is 0 Å². The van der Waals surface area contributed by atoms with Crippen LogP contribution in [0.4, 0.5) is 0 Å². The zero-order chi connectivity index (χ0) is 29.4. The summed E-state index contributed by atoms with van der Waals surface area (Å²) in [6, 6.07) is 11.8. The Balaban J connectivity index is 1.31. The number of benzene rings is 2. The second kappa shape index (κ2) is 10.4. The third-order valence-corrected chi connectivity index (χ3v) is 11.3. The molecule has 2 unspecified atom stereocenters. The molecule has 1 saturated heterocycles. The minimum atomic E-state index is -0.678. The van der Waals surface area contributed by atoms with Crippen LogP contribution in [0.25, 0.3) is 0 Å². The van der Waals surface area contributed by atoms with E-state index in [1.54, 1.807) is 19.1 Å². The van der Waals surface area contributed by atoms with E-state index in [1.807, 2.05) is 6.07 Å². The number of hydrogen-bond donors (Lipinski definition) is 0. The van der Waals surface area contributed by atoms with Crippen LogP contribution in [0.2, 0.25) is 10.0 Å². The SMILES string of the molecule is CC(=O)O[C@@]12CCC(N(CC(C)C)C(=O)Cc3ccc(Cl)c(Cl)c3)C3Oc4cccc5c4[C@@]31CCN(CC1CC1)[C@@H]2C5. The average molecular weight is 612 g/mol. The molecule has 224 valence electrons. The van der Waals surface area contributed by atoms with Crippen LogP contribution in [0.5, 0.6) is 5.75 Å². The molecule has 2 aromatic carbocycles. The van der Waals surface area contributed by atoms with Crippen molar-refractivity contribution in [2.24, 2.45) is 11.8 Å². The first-order chi connectivity index (χ1) is 20.1. The second-order valence-corrected chi connectivity index (χ2v) is 14.5. The largest absolute Gasteiger partial charge is 0.487 e. The standard InChI is InChI=1S/C34H40Cl2N2O4/c1-20(2)18-38(30(40)16-23-9-10-25(35)26(36)15-23)27-11-12-34(42-21(3)39)29-17-24-5-4-6-28-31(24)33(34,32(27)41-28)13-14-37(29)19-22-7-8-22/h4-6,9-10,15,20,22,27,29,32H,7-8,11-14,16-19H2,1-3H3/t27?,29-,32?,33+,34-/m1/s1. The van der Waals surface area contributed by atoms with E-state index >= 15 is 0 Å². The fourth-order valence-corrected chi connectivity index (χ4v) is 9.24. The lowest BCUT2D eigenvalue weighted by molar-refractivity contribution is -0.224. The highest BCUT2D eigenvalue weighted by atomic mass is 35.5. The maximum absolute atomic E-state index is 14.2. The van der Waals surface area contributed by atoms with Crippen molar-refractivity contribution in [1.82, 2.24) is 9.80 Å². The molecule has 3 aliphatic carbocycles. The van der Waals surface area contributed by atoms with E-state index in [0.29, 0.717) is 23.0 Å². The molecule has 5 atom stereocenters. The highest BCUT2D eigenvalue weighted by Crippen LogP contribution is 2.66. The Morgan fingerprint density at radius 2 is 1.93 bits per heavy atom. The Morgan fingerprint density at radius 1 is 1.12 bits per heavy atom. The van der Waals surface area contributed by atoms with Gasteiger partial charge in [0, 0.05) is 25.6 Å². The first kappa shape index (κ1) is 28.5. The smallest absolute Gasteiger partial charge is 0.303 e. The molecule has 42 heavy (non-hydrogen) atoms. The van der Waals surface area contributed by atoms with Crippen LogP contribution in [-0.4, -0.2) is 65.1 Å². The van der Waals surface area contributed by atoms with Crippen LogP contribution in [0.1, 0.15) is 69.6 Å².